The van der Waals surface area contributed by atoms with Crippen molar-refractivity contribution in [2.24, 2.45) is 11.8 Å². The minimum Gasteiger partial charge on any atom is -0.490 e. The predicted octanol–water partition coefficient (Wildman–Crippen LogP) is 4.93. The smallest absolute Gasteiger partial charge is 0.120 e. The van der Waals surface area contributed by atoms with Gasteiger partial charge in [-0.15, -0.1) is 0 Å². The molecule has 1 aromatic carbocycles. The maximum Gasteiger partial charge on any atom is 0.120 e. The molecule has 0 bridgehead atoms. The largest absolute Gasteiger partial charge is 0.490 e. The van der Waals surface area contributed by atoms with Crippen LogP contribution >= 0.6 is 15.9 Å². The van der Waals surface area contributed by atoms with Crippen LogP contribution in [-0.2, 0) is 0 Å². The van der Waals surface area contributed by atoms with Gasteiger partial charge in [0.2, 0.25) is 0 Å². The average molecular weight is 340 g/mol. The zero-order chi connectivity index (χ0) is 14.7. The van der Waals surface area contributed by atoms with Crippen LogP contribution in [0.1, 0.15) is 51.6 Å². The molecule has 1 aliphatic carbocycles. The van der Waals surface area contributed by atoms with Gasteiger partial charge >= 0.3 is 0 Å². The molecule has 0 spiro atoms. The maximum absolute atomic E-state index is 6.17. The molecule has 1 saturated carbocycles. The van der Waals surface area contributed by atoms with Gasteiger partial charge in [-0.3, -0.25) is 0 Å². The number of ether oxygens (including phenoxy) is 1. The van der Waals surface area contributed by atoms with Crippen molar-refractivity contribution in [3.63, 3.8) is 0 Å². The van der Waals surface area contributed by atoms with Gasteiger partial charge in [-0.25, -0.2) is 0 Å². The predicted molar refractivity (Wildman–Crippen MR) is 88.2 cm³/mol. The Bertz CT molecular complexity index is 449. The highest BCUT2D eigenvalue weighted by Crippen LogP contribution is 2.33. The third-order valence-corrected chi connectivity index (χ3v) is 5.41. The van der Waals surface area contributed by atoms with Crippen molar-refractivity contribution in [2.75, 3.05) is 7.05 Å². The molecule has 0 aliphatic heterocycles. The van der Waals surface area contributed by atoms with E-state index in [2.05, 4.69) is 60.2 Å². The van der Waals surface area contributed by atoms with Crippen molar-refractivity contribution in [1.29, 1.82) is 0 Å². The Hall–Kier alpha value is -0.540. The van der Waals surface area contributed by atoms with Crippen LogP contribution < -0.4 is 10.1 Å². The number of hydrogen-bond acceptors (Lipinski definition) is 2. The second-order valence-electron chi connectivity index (χ2n) is 6.20. The second-order valence-corrected chi connectivity index (χ2v) is 7.06. The van der Waals surface area contributed by atoms with Gasteiger partial charge in [0.25, 0.3) is 0 Å². The third kappa shape index (κ3) is 3.76. The summed E-state index contributed by atoms with van der Waals surface area (Å²) < 4.78 is 7.29. The summed E-state index contributed by atoms with van der Waals surface area (Å²) >= 11 is 3.65. The summed E-state index contributed by atoms with van der Waals surface area (Å²) in [6, 6.07) is 6.69. The molecule has 1 aromatic rings. The monoisotopic (exact) mass is 339 g/mol. The molecule has 1 aliphatic rings. The number of hydrogen-bond donors (Lipinski definition) is 1. The normalized spacial score (nSPS) is 28.1. The van der Waals surface area contributed by atoms with Gasteiger partial charge in [0, 0.05) is 10.5 Å². The molecule has 3 heteroatoms. The van der Waals surface area contributed by atoms with Gasteiger partial charge in [0.15, 0.2) is 0 Å². The van der Waals surface area contributed by atoms with Crippen molar-refractivity contribution in [3.05, 3.63) is 28.2 Å². The highest BCUT2D eigenvalue weighted by molar-refractivity contribution is 9.10. The fourth-order valence-corrected chi connectivity index (χ4v) is 3.59. The molecule has 1 N–H and O–H groups in total. The van der Waals surface area contributed by atoms with Gasteiger partial charge < -0.3 is 10.1 Å². The fourth-order valence-electron chi connectivity index (χ4n) is 2.89. The van der Waals surface area contributed by atoms with Crippen LogP contribution in [0, 0.1) is 11.8 Å². The Labute approximate surface area is 131 Å². The Kier molecular flexibility index (Phi) is 5.50. The van der Waals surface area contributed by atoms with E-state index in [0.717, 1.165) is 22.1 Å². The summed E-state index contributed by atoms with van der Waals surface area (Å²) in [5.74, 6) is 2.58. The van der Waals surface area contributed by atoms with Crippen molar-refractivity contribution in [2.45, 2.75) is 52.2 Å². The number of nitrogens with one attached hydrogen (secondary N) is 1. The van der Waals surface area contributed by atoms with E-state index in [9.17, 15) is 0 Å². The standard InChI is InChI=1S/C17H26BrNO/c1-11-5-6-14(9-12(11)2)20-15-7-8-16(13(3)19-4)17(18)10-15/h7-8,10-14,19H,5-6,9H2,1-4H3. The lowest BCUT2D eigenvalue weighted by molar-refractivity contribution is 0.101. The molecule has 1 fully saturated rings. The van der Waals surface area contributed by atoms with E-state index in [1.54, 1.807) is 0 Å². The van der Waals surface area contributed by atoms with E-state index in [-0.39, 0.29) is 0 Å². The van der Waals surface area contributed by atoms with E-state index >= 15 is 0 Å². The van der Waals surface area contributed by atoms with Crippen LogP contribution in [-0.4, -0.2) is 13.2 Å². The van der Waals surface area contributed by atoms with E-state index in [1.807, 2.05) is 7.05 Å². The number of rotatable bonds is 4. The Balaban J connectivity index is 2.02. The molecule has 112 valence electrons. The van der Waals surface area contributed by atoms with Gasteiger partial charge in [-0.1, -0.05) is 35.8 Å². The lowest BCUT2D eigenvalue weighted by atomic mass is 9.80. The molecule has 4 unspecified atom stereocenters. The molecule has 2 rings (SSSR count). The first-order valence-electron chi connectivity index (χ1n) is 7.64. The van der Waals surface area contributed by atoms with Crippen molar-refractivity contribution in [3.8, 4) is 5.75 Å². The van der Waals surface area contributed by atoms with Gasteiger partial charge in [0.1, 0.15) is 5.75 Å². The van der Waals surface area contributed by atoms with Crippen LogP contribution in [0.2, 0.25) is 0 Å². The highest BCUT2D eigenvalue weighted by Gasteiger charge is 2.25. The number of benzene rings is 1. The van der Waals surface area contributed by atoms with Crippen molar-refractivity contribution in [1.82, 2.24) is 5.32 Å². The SMILES string of the molecule is CNC(C)c1ccc(OC2CCC(C)C(C)C2)cc1Br. The molecule has 2 nitrogen and oxygen atoms in total. The van der Waals surface area contributed by atoms with Crippen molar-refractivity contribution >= 4 is 15.9 Å². The zero-order valence-corrected chi connectivity index (χ0v) is 14.5. The van der Waals surface area contributed by atoms with Crippen LogP contribution in [0.25, 0.3) is 0 Å². The molecule has 4 atom stereocenters. The van der Waals surface area contributed by atoms with Crippen LogP contribution in [0.3, 0.4) is 0 Å². The van der Waals surface area contributed by atoms with Gasteiger partial charge in [0.05, 0.1) is 6.10 Å². The zero-order valence-electron chi connectivity index (χ0n) is 12.9. The molecular formula is C17H26BrNO. The summed E-state index contributed by atoms with van der Waals surface area (Å²) in [7, 11) is 1.98. The summed E-state index contributed by atoms with van der Waals surface area (Å²) in [6.07, 6.45) is 4.01. The maximum atomic E-state index is 6.17. The van der Waals surface area contributed by atoms with E-state index in [0.29, 0.717) is 12.1 Å². The van der Waals surface area contributed by atoms with E-state index in [1.165, 1.54) is 24.8 Å². The molecular weight excluding hydrogens is 314 g/mol. The van der Waals surface area contributed by atoms with Gasteiger partial charge in [-0.2, -0.15) is 0 Å². The lowest BCUT2D eigenvalue weighted by Gasteiger charge is -2.32. The minimum absolute atomic E-state index is 0.342. The molecule has 20 heavy (non-hydrogen) atoms. The summed E-state index contributed by atoms with van der Waals surface area (Å²) in [5, 5.41) is 3.26. The Morgan fingerprint density at radius 1 is 1.25 bits per heavy atom. The minimum atomic E-state index is 0.342. The Morgan fingerprint density at radius 3 is 2.60 bits per heavy atom. The quantitative estimate of drug-likeness (QED) is 0.839. The van der Waals surface area contributed by atoms with Crippen LogP contribution in [0.15, 0.2) is 22.7 Å². The summed E-state index contributed by atoms with van der Waals surface area (Å²) in [5.41, 5.74) is 1.27. The van der Waals surface area contributed by atoms with Crippen molar-refractivity contribution < 1.29 is 4.74 Å². The third-order valence-electron chi connectivity index (χ3n) is 4.72. The summed E-state index contributed by atoms with van der Waals surface area (Å²) in [6.45, 7) is 6.85. The first-order chi connectivity index (χ1) is 9.51. The van der Waals surface area contributed by atoms with Crippen LogP contribution in [0.4, 0.5) is 0 Å². The topological polar surface area (TPSA) is 21.3 Å². The molecule has 0 aromatic heterocycles. The molecule has 0 amide bonds. The molecule has 0 heterocycles. The van der Waals surface area contributed by atoms with E-state index < -0.39 is 0 Å². The van der Waals surface area contributed by atoms with Gasteiger partial charge in [-0.05, 0) is 62.8 Å². The molecule has 0 saturated heterocycles. The molecule has 0 radical (unpaired) electrons. The Morgan fingerprint density at radius 2 is 2.00 bits per heavy atom. The average Bonchev–Trinajstić information content (AvgIpc) is 2.42. The fraction of sp³-hybridized carbons (Fsp3) is 0.647. The second kappa shape index (κ2) is 6.95. The first-order valence-corrected chi connectivity index (χ1v) is 8.44. The number of halogens is 1. The van der Waals surface area contributed by atoms with Crippen LogP contribution in [0.5, 0.6) is 5.75 Å². The lowest BCUT2D eigenvalue weighted by Crippen LogP contribution is -2.28. The highest BCUT2D eigenvalue weighted by atomic mass is 79.9. The van der Waals surface area contributed by atoms with E-state index in [4.69, 9.17) is 4.74 Å². The first kappa shape index (κ1) is 15.8. The summed E-state index contributed by atoms with van der Waals surface area (Å²) in [4.78, 5) is 0.